The third-order valence-corrected chi connectivity index (χ3v) is 2.70. The molecule has 2 nitrogen and oxygen atoms in total. The minimum Gasteiger partial charge on any atom is -0.338 e. The molecule has 0 saturated carbocycles. The first-order chi connectivity index (χ1) is 5.99. The molecule has 0 spiro atoms. The zero-order valence-corrected chi connectivity index (χ0v) is 9.73. The zero-order chi connectivity index (χ0) is 9.90. The summed E-state index contributed by atoms with van der Waals surface area (Å²) in [7, 11) is 0. The van der Waals surface area contributed by atoms with E-state index in [2.05, 4.69) is 24.1 Å². The Hall–Kier alpha value is 0.140. The lowest BCUT2D eigenvalue weighted by Gasteiger charge is -2.16. The van der Waals surface area contributed by atoms with Gasteiger partial charge in [0.05, 0.1) is 6.10 Å². The summed E-state index contributed by atoms with van der Waals surface area (Å²) in [6, 6.07) is 9.59. The summed E-state index contributed by atoms with van der Waals surface area (Å²) < 4.78 is 5.17. The molecule has 0 radical (unpaired) electrons. The molecule has 0 aliphatic heterocycles. The summed E-state index contributed by atoms with van der Waals surface area (Å²) in [6.07, 6.45) is -0.213. The van der Waals surface area contributed by atoms with Crippen LogP contribution in [0.4, 0.5) is 0 Å². The van der Waals surface area contributed by atoms with Crippen molar-refractivity contribution in [1.82, 2.24) is 0 Å². The first kappa shape index (κ1) is 11.2. The molecule has 1 aromatic rings. The summed E-state index contributed by atoms with van der Waals surface area (Å²) >= 11 is 8.47. The molecule has 1 N–H and O–H groups in total. The molecule has 13 heavy (non-hydrogen) atoms. The Morgan fingerprint density at radius 2 is 2.00 bits per heavy atom. The van der Waals surface area contributed by atoms with Crippen LogP contribution in [0.2, 0.25) is 0 Å². The predicted octanol–water partition coefficient (Wildman–Crippen LogP) is 2.91. The van der Waals surface area contributed by atoms with Gasteiger partial charge in [-0.25, -0.2) is 0 Å². The molecule has 2 unspecified atom stereocenters. The molecule has 1 rings (SSSR count). The molecule has 0 bridgehead atoms. The summed E-state index contributed by atoms with van der Waals surface area (Å²) in [5.74, 6) is 0. The maximum absolute atomic E-state index is 9.22. The summed E-state index contributed by atoms with van der Waals surface area (Å²) in [5.41, 5.74) is -1.87. The van der Waals surface area contributed by atoms with E-state index in [1.165, 1.54) is 0 Å². The highest BCUT2D eigenvalue weighted by atomic mass is 32.9. The van der Waals surface area contributed by atoms with Gasteiger partial charge in [0.25, 0.3) is 0 Å². The van der Waals surface area contributed by atoms with Gasteiger partial charge in [-0.05, 0) is 24.3 Å². The maximum atomic E-state index is 9.22. The largest absolute Gasteiger partial charge is 0.338 e. The molecular weight excluding hydrogens is 223 g/mol. The third-order valence-electron chi connectivity index (χ3n) is 1.56. The molecule has 0 aliphatic rings. The van der Waals surface area contributed by atoms with E-state index in [1.807, 2.05) is 37.3 Å². The van der Waals surface area contributed by atoms with Crippen molar-refractivity contribution >= 4 is 29.7 Å². The number of thiol groups is 1. The monoisotopic (exact) mass is 234 g/mol. The van der Waals surface area contributed by atoms with E-state index >= 15 is 0 Å². The molecule has 0 aromatic heterocycles. The van der Waals surface area contributed by atoms with Crippen molar-refractivity contribution in [2.75, 3.05) is 0 Å². The van der Waals surface area contributed by atoms with Gasteiger partial charge in [-0.3, -0.25) is 0 Å². The quantitative estimate of drug-likeness (QED) is 0.622. The van der Waals surface area contributed by atoms with Gasteiger partial charge in [0.2, 0.25) is 5.69 Å². The molecule has 0 saturated heterocycles. The second-order valence-electron chi connectivity index (χ2n) is 2.65. The second kappa shape index (κ2) is 4.58. The van der Waals surface area contributed by atoms with E-state index < -0.39 is 5.69 Å². The highest BCUT2D eigenvalue weighted by Gasteiger charge is 2.13. The molecule has 72 valence electrons. The van der Waals surface area contributed by atoms with Crippen LogP contribution in [-0.4, -0.2) is 4.89 Å². The van der Waals surface area contributed by atoms with Gasteiger partial charge in [-0.2, -0.15) is 0 Å². The van der Waals surface area contributed by atoms with Crippen LogP contribution < -0.4 is 0 Å². The fourth-order valence-electron chi connectivity index (χ4n) is 0.991. The fourth-order valence-corrected chi connectivity index (χ4v) is 2.34. The fraction of sp³-hybridized carbons (Fsp3) is 0.250. The maximum Gasteiger partial charge on any atom is 0.242 e. The Bertz CT molecular complexity index is 309. The molecule has 0 amide bonds. The second-order valence-corrected chi connectivity index (χ2v) is 7.76. The van der Waals surface area contributed by atoms with Gasteiger partial charge in [-0.15, -0.1) is 0 Å². The van der Waals surface area contributed by atoms with Crippen LogP contribution in [0.3, 0.4) is 0 Å². The molecule has 0 aliphatic carbocycles. The predicted molar refractivity (Wildman–Crippen MR) is 61.4 cm³/mol. The first-order valence-electron chi connectivity index (χ1n) is 3.78. The van der Waals surface area contributed by atoms with Crippen molar-refractivity contribution in [2.45, 2.75) is 13.0 Å². The van der Waals surface area contributed by atoms with Crippen molar-refractivity contribution in [2.24, 2.45) is 0 Å². The molecule has 1 aromatic carbocycles. The van der Waals surface area contributed by atoms with Crippen molar-refractivity contribution in [3.63, 3.8) is 0 Å². The Balaban J connectivity index is 2.70. The Morgan fingerprint density at radius 3 is 2.46 bits per heavy atom. The minimum atomic E-state index is -2.86. The lowest BCUT2D eigenvalue weighted by atomic mass is 10.1. The van der Waals surface area contributed by atoms with Crippen LogP contribution in [0.5, 0.6) is 0 Å². The topological polar surface area (TPSA) is 29.5 Å². The average Bonchev–Trinajstić information content (AvgIpc) is 2.03. The van der Waals surface area contributed by atoms with Crippen LogP contribution >= 0.6 is 17.9 Å². The Kier molecular flexibility index (Phi) is 3.95. The first-order valence-corrected chi connectivity index (χ1v) is 7.60. The van der Waals surface area contributed by atoms with Crippen molar-refractivity contribution in [3.8, 4) is 0 Å². The minimum absolute atomic E-state index is 0.213. The van der Waals surface area contributed by atoms with E-state index in [0.717, 1.165) is 5.56 Å². The van der Waals surface area contributed by atoms with Crippen LogP contribution in [0.25, 0.3) is 0 Å². The van der Waals surface area contributed by atoms with E-state index in [0.29, 0.717) is 0 Å². The number of hydrogen-bond donors (Lipinski definition) is 2. The standard InChI is InChI=1S/C8H11O2PS2/c1-7(10-11(9,12)13)8-5-3-2-4-6-8/h2-7H,1H3,(H2,9,12,13). The van der Waals surface area contributed by atoms with Crippen LogP contribution in [0, 0.1) is 0 Å². The van der Waals surface area contributed by atoms with Crippen LogP contribution in [-0.2, 0) is 16.3 Å². The lowest BCUT2D eigenvalue weighted by Crippen LogP contribution is -1.95. The number of hydrogen-bond acceptors (Lipinski definition) is 2. The van der Waals surface area contributed by atoms with Crippen molar-refractivity contribution in [3.05, 3.63) is 35.9 Å². The smallest absolute Gasteiger partial charge is 0.242 e. The Labute approximate surface area is 88.3 Å². The Morgan fingerprint density at radius 1 is 1.46 bits per heavy atom. The van der Waals surface area contributed by atoms with Gasteiger partial charge >= 0.3 is 0 Å². The number of benzene rings is 1. The van der Waals surface area contributed by atoms with Crippen molar-refractivity contribution < 1.29 is 9.42 Å². The normalized spacial score (nSPS) is 17.8. The highest BCUT2D eigenvalue weighted by molar-refractivity contribution is 8.59. The summed E-state index contributed by atoms with van der Waals surface area (Å²) in [6.45, 7) is 1.84. The van der Waals surface area contributed by atoms with Crippen LogP contribution in [0.1, 0.15) is 18.6 Å². The SMILES string of the molecule is CC(OP(O)(=S)S)c1ccccc1. The lowest BCUT2D eigenvalue weighted by molar-refractivity contribution is 0.234. The van der Waals surface area contributed by atoms with E-state index in [-0.39, 0.29) is 6.10 Å². The van der Waals surface area contributed by atoms with E-state index in [1.54, 1.807) is 0 Å². The van der Waals surface area contributed by atoms with Gasteiger partial charge in [0.15, 0.2) is 0 Å². The van der Waals surface area contributed by atoms with Gasteiger partial charge in [-0.1, -0.05) is 42.6 Å². The van der Waals surface area contributed by atoms with E-state index in [4.69, 9.17) is 4.52 Å². The van der Waals surface area contributed by atoms with Gasteiger partial charge < -0.3 is 9.42 Å². The van der Waals surface area contributed by atoms with Crippen LogP contribution in [0.15, 0.2) is 30.3 Å². The molecule has 0 heterocycles. The zero-order valence-electron chi connectivity index (χ0n) is 7.12. The molecular formula is C8H11O2PS2. The third kappa shape index (κ3) is 4.25. The molecule has 0 fully saturated rings. The van der Waals surface area contributed by atoms with E-state index in [9.17, 15) is 4.89 Å². The molecule has 2 atom stereocenters. The van der Waals surface area contributed by atoms with Gasteiger partial charge in [0, 0.05) is 0 Å². The summed E-state index contributed by atoms with van der Waals surface area (Å²) in [4.78, 5) is 9.22. The highest BCUT2D eigenvalue weighted by Crippen LogP contribution is 2.51. The van der Waals surface area contributed by atoms with Gasteiger partial charge in [0.1, 0.15) is 0 Å². The van der Waals surface area contributed by atoms with Crippen molar-refractivity contribution in [1.29, 1.82) is 0 Å². The number of rotatable bonds is 3. The summed E-state index contributed by atoms with van der Waals surface area (Å²) in [5, 5.41) is 0. The molecule has 5 heteroatoms. The average molecular weight is 234 g/mol.